The van der Waals surface area contributed by atoms with Crippen LogP contribution in [0.15, 0.2) is 18.2 Å². The van der Waals surface area contributed by atoms with Crippen molar-refractivity contribution in [3.63, 3.8) is 0 Å². The standard InChI is InChI=1S/C11H13ClN2O/c12-8-1-2-10(13)9(5-8)11(15)7-3-4-14-6-7/h1-2,5,7,14H,3-4,6,13H2. The summed E-state index contributed by atoms with van der Waals surface area (Å²) in [7, 11) is 0. The predicted molar refractivity (Wildman–Crippen MR) is 61.2 cm³/mol. The molecule has 1 aliphatic rings. The van der Waals surface area contributed by atoms with E-state index in [1.54, 1.807) is 18.2 Å². The molecule has 4 heteroatoms. The molecule has 0 amide bonds. The first-order valence-electron chi connectivity index (χ1n) is 4.98. The number of halogens is 1. The molecule has 1 fully saturated rings. The third-order valence-corrected chi connectivity index (χ3v) is 2.95. The second-order valence-electron chi connectivity index (χ2n) is 3.79. The van der Waals surface area contributed by atoms with Crippen LogP contribution >= 0.6 is 11.6 Å². The number of carbonyl (C=O) groups excluding carboxylic acids is 1. The van der Waals surface area contributed by atoms with Crippen molar-refractivity contribution in [3.8, 4) is 0 Å². The van der Waals surface area contributed by atoms with E-state index in [1.807, 2.05) is 0 Å². The number of nitrogens with two attached hydrogens (primary N) is 1. The van der Waals surface area contributed by atoms with Gasteiger partial charge in [0, 0.05) is 28.7 Å². The molecule has 2 rings (SSSR count). The summed E-state index contributed by atoms with van der Waals surface area (Å²) in [6, 6.07) is 5.02. The number of ketones is 1. The van der Waals surface area contributed by atoms with Gasteiger partial charge in [0.05, 0.1) is 0 Å². The number of hydrogen-bond donors (Lipinski definition) is 2. The number of rotatable bonds is 2. The summed E-state index contributed by atoms with van der Waals surface area (Å²) in [5.74, 6) is 0.144. The molecule has 1 saturated heterocycles. The molecule has 80 valence electrons. The predicted octanol–water partition coefficient (Wildman–Crippen LogP) is 1.71. The quantitative estimate of drug-likeness (QED) is 0.594. The van der Waals surface area contributed by atoms with Gasteiger partial charge >= 0.3 is 0 Å². The maximum absolute atomic E-state index is 12.0. The Labute approximate surface area is 93.6 Å². The van der Waals surface area contributed by atoms with E-state index in [-0.39, 0.29) is 11.7 Å². The maximum Gasteiger partial charge on any atom is 0.169 e. The molecule has 1 aliphatic heterocycles. The smallest absolute Gasteiger partial charge is 0.169 e. The monoisotopic (exact) mass is 224 g/mol. The topological polar surface area (TPSA) is 55.1 Å². The van der Waals surface area contributed by atoms with Crippen LogP contribution in [0, 0.1) is 5.92 Å². The van der Waals surface area contributed by atoms with Gasteiger partial charge in [-0.05, 0) is 31.2 Å². The summed E-state index contributed by atoms with van der Waals surface area (Å²) in [6.07, 6.45) is 0.880. The van der Waals surface area contributed by atoms with Crippen molar-refractivity contribution < 1.29 is 4.79 Å². The van der Waals surface area contributed by atoms with Gasteiger partial charge in [0.1, 0.15) is 0 Å². The van der Waals surface area contributed by atoms with Crippen molar-refractivity contribution in [1.29, 1.82) is 0 Å². The van der Waals surface area contributed by atoms with Gasteiger partial charge in [-0.15, -0.1) is 0 Å². The van der Waals surface area contributed by atoms with E-state index < -0.39 is 0 Å². The molecule has 1 aromatic carbocycles. The van der Waals surface area contributed by atoms with Crippen molar-refractivity contribution in [3.05, 3.63) is 28.8 Å². The number of nitrogens with one attached hydrogen (secondary N) is 1. The van der Waals surface area contributed by atoms with Gasteiger partial charge in [-0.25, -0.2) is 0 Å². The van der Waals surface area contributed by atoms with Crippen LogP contribution in [0.1, 0.15) is 16.8 Å². The number of Topliss-reactive ketones (excluding diaryl/α,β-unsaturated/α-hetero) is 1. The molecule has 0 saturated carbocycles. The van der Waals surface area contributed by atoms with E-state index in [2.05, 4.69) is 5.32 Å². The van der Waals surface area contributed by atoms with Gasteiger partial charge in [-0.1, -0.05) is 11.6 Å². The van der Waals surface area contributed by atoms with Crippen LogP contribution in [-0.2, 0) is 0 Å². The van der Waals surface area contributed by atoms with Crippen LogP contribution in [0.3, 0.4) is 0 Å². The van der Waals surface area contributed by atoms with E-state index in [9.17, 15) is 4.79 Å². The fourth-order valence-corrected chi connectivity index (χ4v) is 2.01. The summed E-state index contributed by atoms with van der Waals surface area (Å²) in [5.41, 5.74) is 6.82. The minimum Gasteiger partial charge on any atom is -0.398 e. The summed E-state index contributed by atoms with van der Waals surface area (Å²) in [5, 5.41) is 3.72. The summed E-state index contributed by atoms with van der Waals surface area (Å²) < 4.78 is 0. The van der Waals surface area contributed by atoms with Crippen LogP contribution in [0.5, 0.6) is 0 Å². The highest BCUT2D eigenvalue weighted by molar-refractivity contribution is 6.31. The van der Waals surface area contributed by atoms with E-state index in [0.717, 1.165) is 19.5 Å². The molecular weight excluding hydrogens is 212 g/mol. The first-order valence-corrected chi connectivity index (χ1v) is 5.36. The van der Waals surface area contributed by atoms with Crippen molar-refractivity contribution in [2.24, 2.45) is 5.92 Å². The largest absolute Gasteiger partial charge is 0.398 e. The molecule has 15 heavy (non-hydrogen) atoms. The number of anilines is 1. The Hall–Kier alpha value is -1.06. The minimum absolute atomic E-state index is 0.0470. The van der Waals surface area contributed by atoms with Crippen molar-refractivity contribution >= 4 is 23.1 Å². The zero-order chi connectivity index (χ0) is 10.8. The van der Waals surface area contributed by atoms with Gasteiger partial charge < -0.3 is 11.1 Å². The first-order chi connectivity index (χ1) is 7.18. The zero-order valence-corrected chi connectivity index (χ0v) is 9.05. The molecule has 1 heterocycles. The second kappa shape index (κ2) is 4.21. The lowest BCUT2D eigenvalue weighted by Crippen LogP contribution is -2.19. The molecule has 0 radical (unpaired) electrons. The van der Waals surface area contributed by atoms with E-state index >= 15 is 0 Å². The molecule has 0 aromatic heterocycles. The van der Waals surface area contributed by atoms with Gasteiger partial charge in [0.2, 0.25) is 0 Å². The van der Waals surface area contributed by atoms with Crippen molar-refractivity contribution in [1.82, 2.24) is 5.32 Å². The molecular formula is C11H13ClN2O. The highest BCUT2D eigenvalue weighted by atomic mass is 35.5. The minimum atomic E-state index is 0.0470. The molecule has 0 bridgehead atoms. The van der Waals surface area contributed by atoms with Crippen LogP contribution in [0.4, 0.5) is 5.69 Å². The maximum atomic E-state index is 12.0. The Bertz CT molecular complexity index is 386. The van der Waals surface area contributed by atoms with E-state index in [1.165, 1.54) is 0 Å². The van der Waals surface area contributed by atoms with Crippen LogP contribution in [-0.4, -0.2) is 18.9 Å². The summed E-state index contributed by atoms with van der Waals surface area (Å²) in [4.78, 5) is 12.0. The highest BCUT2D eigenvalue weighted by Crippen LogP contribution is 2.23. The summed E-state index contributed by atoms with van der Waals surface area (Å²) >= 11 is 5.84. The number of nitrogen functional groups attached to an aromatic ring is 1. The van der Waals surface area contributed by atoms with Crippen LogP contribution in [0.2, 0.25) is 5.02 Å². The fourth-order valence-electron chi connectivity index (χ4n) is 1.84. The third kappa shape index (κ3) is 2.13. The lowest BCUT2D eigenvalue weighted by Gasteiger charge is -2.09. The Morgan fingerprint density at radius 1 is 1.53 bits per heavy atom. The average molecular weight is 225 g/mol. The zero-order valence-electron chi connectivity index (χ0n) is 8.29. The molecule has 1 unspecified atom stereocenters. The number of hydrogen-bond acceptors (Lipinski definition) is 3. The number of benzene rings is 1. The Balaban J connectivity index is 2.27. The third-order valence-electron chi connectivity index (χ3n) is 2.71. The van der Waals surface area contributed by atoms with Gasteiger partial charge in [-0.3, -0.25) is 4.79 Å². The average Bonchev–Trinajstić information content (AvgIpc) is 2.74. The Morgan fingerprint density at radius 2 is 2.33 bits per heavy atom. The SMILES string of the molecule is Nc1ccc(Cl)cc1C(=O)C1CCNC1. The second-order valence-corrected chi connectivity index (χ2v) is 4.22. The lowest BCUT2D eigenvalue weighted by atomic mass is 9.96. The highest BCUT2D eigenvalue weighted by Gasteiger charge is 2.24. The molecule has 0 spiro atoms. The van der Waals surface area contributed by atoms with Crippen LogP contribution in [0.25, 0.3) is 0 Å². The number of carbonyl (C=O) groups is 1. The molecule has 3 N–H and O–H groups in total. The normalized spacial score (nSPS) is 20.5. The van der Waals surface area contributed by atoms with E-state index in [4.69, 9.17) is 17.3 Å². The molecule has 1 aromatic rings. The molecule has 3 nitrogen and oxygen atoms in total. The summed E-state index contributed by atoms with van der Waals surface area (Å²) in [6.45, 7) is 1.64. The van der Waals surface area contributed by atoms with Crippen LogP contribution < -0.4 is 11.1 Å². The van der Waals surface area contributed by atoms with Gasteiger partial charge in [-0.2, -0.15) is 0 Å². The van der Waals surface area contributed by atoms with E-state index in [0.29, 0.717) is 16.3 Å². The molecule has 1 atom stereocenters. The Morgan fingerprint density at radius 3 is 3.00 bits per heavy atom. The lowest BCUT2D eigenvalue weighted by molar-refractivity contribution is 0.0931. The van der Waals surface area contributed by atoms with Gasteiger partial charge in [0.25, 0.3) is 0 Å². The van der Waals surface area contributed by atoms with Crippen molar-refractivity contribution in [2.75, 3.05) is 18.8 Å². The van der Waals surface area contributed by atoms with Crippen molar-refractivity contribution in [2.45, 2.75) is 6.42 Å². The fraction of sp³-hybridized carbons (Fsp3) is 0.364. The van der Waals surface area contributed by atoms with Gasteiger partial charge in [0.15, 0.2) is 5.78 Å². The Kier molecular flexibility index (Phi) is 2.93. The first kappa shape index (κ1) is 10.5. The molecule has 0 aliphatic carbocycles.